The molecule has 0 saturated carbocycles. The summed E-state index contributed by atoms with van der Waals surface area (Å²) in [4.78, 5) is 6.98. The van der Waals surface area contributed by atoms with Gasteiger partial charge in [-0.2, -0.15) is 13.2 Å². The minimum atomic E-state index is -4.36. The number of pyridine rings is 1. The zero-order valence-electron chi connectivity index (χ0n) is 18.8. The highest BCUT2D eigenvalue weighted by Gasteiger charge is 2.33. The number of anilines is 2. The van der Waals surface area contributed by atoms with E-state index < -0.39 is 11.7 Å². The molecule has 4 nitrogen and oxygen atoms in total. The van der Waals surface area contributed by atoms with Crippen LogP contribution in [0.2, 0.25) is 0 Å². The Bertz CT molecular complexity index is 1100. The first-order valence-corrected chi connectivity index (χ1v) is 10.5. The highest BCUT2D eigenvalue weighted by atomic mass is 35.5. The maximum atomic E-state index is 13.4. The first kappa shape index (κ1) is 27.0. The van der Waals surface area contributed by atoms with Crippen molar-refractivity contribution in [3.8, 4) is 0 Å². The van der Waals surface area contributed by atoms with Gasteiger partial charge in [0.05, 0.1) is 11.1 Å². The molecule has 1 fully saturated rings. The molecule has 0 aliphatic carbocycles. The lowest BCUT2D eigenvalue weighted by Crippen LogP contribution is -2.43. The van der Waals surface area contributed by atoms with Crippen molar-refractivity contribution in [2.24, 2.45) is 0 Å². The molecule has 2 heterocycles. The average Bonchev–Trinajstić information content (AvgIpc) is 2.73. The lowest BCUT2D eigenvalue weighted by atomic mass is 9.97. The third kappa shape index (κ3) is 5.83. The average molecular weight is 501 g/mol. The molecule has 1 aliphatic heterocycles. The van der Waals surface area contributed by atoms with Crippen LogP contribution in [0.4, 0.5) is 24.5 Å². The Labute approximate surface area is 204 Å². The molecule has 1 unspecified atom stereocenters. The highest BCUT2D eigenvalue weighted by Crippen LogP contribution is 2.36. The van der Waals surface area contributed by atoms with Crippen molar-refractivity contribution in [3.63, 3.8) is 0 Å². The van der Waals surface area contributed by atoms with Crippen LogP contribution in [0.5, 0.6) is 0 Å². The normalized spacial score (nSPS) is 14.9. The van der Waals surface area contributed by atoms with Gasteiger partial charge in [0.1, 0.15) is 0 Å². The maximum Gasteiger partial charge on any atom is 0.416 e. The minimum Gasteiger partial charge on any atom is -0.378 e. The number of rotatable bonds is 4. The van der Waals surface area contributed by atoms with Crippen LogP contribution in [0.3, 0.4) is 0 Å². The van der Waals surface area contributed by atoms with Crippen LogP contribution in [-0.2, 0) is 6.18 Å². The van der Waals surface area contributed by atoms with E-state index in [2.05, 4.69) is 32.7 Å². The molecule has 2 N–H and O–H groups in total. The third-order valence-electron chi connectivity index (χ3n) is 5.92. The van der Waals surface area contributed by atoms with Crippen molar-refractivity contribution in [1.29, 1.82) is 0 Å². The number of aryl methyl sites for hydroxylation is 1. The summed E-state index contributed by atoms with van der Waals surface area (Å²) in [7, 11) is 0. The Morgan fingerprint density at radius 1 is 1.03 bits per heavy atom. The quantitative estimate of drug-likeness (QED) is 0.441. The maximum absolute atomic E-state index is 13.4. The van der Waals surface area contributed by atoms with Gasteiger partial charge in [0.2, 0.25) is 0 Å². The van der Waals surface area contributed by atoms with Gasteiger partial charge in [-0.3, -0.25) is 4.98 Å². The predicted molar refractivity (Wildman–Crippen MR) is 134 cm³/mol. The van der Waals surface area contributed by atoms with Crippen molar-refractivity contribution < 1.29 is 13.2 Å². The molecule has 3 aromatic rings. The molecule has 0 bridgehead atoms. The molecule has 1 aromatic heterocycles. The summed E-state index contributed by atoms with van der Waals surface area (Å²) in [5.74, 6) is 0. The smallest absolute Gasteiger partial charge is 0.378 e. The lowest BCUT2D eigenvalue weighted by molar-refractivity contribution is -0.138. The van der Waals surface area contributed by atoms with Crippen LogP contribution in [0.15, 0.2) is 42.5 Å². The SMILES string of the molecule is Cc1cc(NC(C)c2cccc(C(F)(F)F)c2C)c2cc(N3CCNCC3)ccc2n1.Cl.Cl. The van der Waals surface area contributed by atoms with E-state index in [0.29, 0.717) is 5.56 Å². The Morgan fingerprint density at radius 3 is 2.39 bits per heavy atom. The monoisotopic (exact) mass is 500 g/mol. The van der Waals surface area contributed by atoms with E-state index in [1.165, 1.54) is 13.0 Å². The number of hydrogen-bond acceptors (Lipinski definition) is 4. The van der Waals surface area contributed by atoms with Gasteiger partial charge in [0, 0.05) is 54.7 Å². The molecule has 0 radical (unpaired) electrons. The van der Waals surface area contributed by atoms with Crippen molar-refractivity contribution in [2.45, 2.75) is 33.0 Å². The van der Waals surface area contributed by atoms with Crippen molar-refractivity contribution >= 4 is 47.1 Å². The van der Waals surface area contributed by atoms with E-state index in [4.69, 9.17) is 0 Å². The number of halogens is 5. The van der Waals surface area contributed by atoms with Crippen LogP contribution in [-0.4, -0.2) is 31.2 Å². The standard InChI is InChI=1S/C24H27F3N4.2ClH/c1-15-13-23(30-17(3)19-5-4-6-21(16(19)2)24(25,26)27)20-14-18(7-8-22(20)29-15)31-11-9-28-10-12-31;;/h4-8,13-14,17,28H,9-12H2,1-3H3,(H,29,30);2*1H. The summed E-state index contributed by atoms with van der Waals surface area (Å²) < 4.78 is 40.1. The van der Waals surface area contributed by atoms with Gasteiger partial charge in [-0.1, -0.05) is 12.1 Å². The van der Waals surface area contributed by atoms with E-state index in [0.717, 1.165) is 60.2 Å². The van der Waals surface area contributed by atoms with Gasteiger partial charge >= 0.3 is 6.18 Å². The first-order valence-electron chi connectivity index (χ1n) is 10.5. The second-order valence-corrected chi connectivity index (χ2v) is 8.13. The fourth-order valence-corrected chi connectivity index (χ4v) is 4.33. The Balaban J connectivity index is 0.00000193. The lowest BCUT2D eigenvalue weighted by Gasteiger charge is -2.30. The fourth-order valence-electron chi connectivity index (χ4n) is 4.33. The second kappa shape index (κ2) is 10.8. The van der Waals surface area contributed by atoms with Crippen LogP contribution in [0.1, 0.15) is 35.3 Å². The number of fused-ring (bicyclic) bond motifs is 1. The van der Waals surface area contributed by atoms with Crippen LogP contribution < -0.4 is 15.5 Å². The van der Waals surface area contributed by atoms with Crippen molar-refractivity contribution in [2.75, 3.05) is 36.4 Å². The van der Waals surface area contributed by atoms with Gasteiger partial charge in [0.25, 0.3) is 0 Å². The number of nitrogens with zero attached hydrogens (tertiary/aromatic N) is 2. The molecule has 0 amide bonds. The van der Waals surface area contributed by atoms with E-state index in [-0.39, 0.29) is 36.4 Å². The molecule has 1 saturated heterocycles. The first-order chi connectivity index (χ1) is 14.7. The summed E-state index contributed by atoms with van der Waals surface area (Å²) in [6.45, 7) is 9.12. The van der Waals surface area contributed by atoms with Gasteiger partial charge in [-0.05, 0) is 62.2 Å². The van der Waals surface area contributed by atoms with Crippen LogP contribution in [0.25, 0.3) is 10.9 Å². The summed E-state index contributed by atoms with van der Waals surface area (Å²) in [6, 6.07) is 12.3. The minimum absolute atomic E-state index is 0. The molecule has 1 atom stereocenters. The Hall–Kier alpha value is -2.22. The number of benzene rings is 2. The molecule has 180 valence electrons. The fraction of sp³-hybridized carbons (Fsp3) is 0.375. The number of alkyl halides is 3. The molecule has 9 heteroatoms. The van der Waals surface area contributed by atoms with Crippen LogP contribution in [0, 0.1) is 13.8 Å². The number of piperazine rings is 1. The summed E-state index contributed by atoms with van der Waals surface area (Å²) in [5.41, 5.74) is 4.04. The van der Waals surface area contributed by atoms with Crippen molar-refractivity contribution in [3.05, 3.63) is 64.8 Å². The largest absolute Gasteiger partial charge is 0.416 e. The second-order valence-electron chi connectivity index (χ2n) is 8.13. The molecular formula is C24H29Cl2F3N4. The third-order valence-corrected chi connectivity index (χ3v) is 5.92. The van der Waals surface area contributed by atoms with Gasteiger partial charge in [0.15, 0.2) is 0 Å². The Kier molecular flexibility index (Phi) is 8.85. The summed E-state index contributed by atoms with van der Waals surface area (Å²) >= 11 is 0. The Morgan fingerprint density at radius 2 is 1.73 bits per heavy atom. The zero-order valence-corrected chi connectivity index (χ0v) is 20.4. The van der Waals surface area contributed by atoms with E-state index in [1.54, 1.807) is 6.07 Å². The van der Waals surface area contributed by atoms with Gasteiger partial charge in [-0.25, -0.2) is 0 Å². The topological polar surface area (TPSA) is 40.2 Å². The molecule has 0 spiro atoms. The summed E-state index contributed by atoms with van der Waals surface area (Å²) in [5, 5.41) is 7.78. The summed E-state index contributed by atoms with van der Waals surface area (Å²) in [6.07, 6.45) is -4.36. The van der Waals surface area contributed by atoms with Gasteiger partial charge in [-0.15, -0.1) is 24.8 Å². The number of nitrogens with one attached hydrogen (secondary N) is 2. The van der Waals surface area contributed by atoms with Gasteiger partial charge < -0.3 is 15.5 Å². The zero-order chi connectivity index (χ0) is 22.2. The van der Waals surface area contributed by atoms with Crippen LogP contribution >= 0.6 is 24.8 Å². The molecule has 1 aliphatic rings. The number of aromatic nitrogens is 1. The molecule has 2 aromatic carbocycles. The van der Waals surface area contributed by atoms with Crippen molar-refractivity contribution in [1.82, 2.24) is 10.3 Å². The molecule has 4 rings (SSSR count). The predicted octanol–water partition coefficient (Wildman–Crippen LogP) is 6.30. The molecular weight excluding hydrogens is 472 g/mol. The van der Waals surface area contributed by atoms with E-state index in [9.17, 15) is 13.2 Å². The molecule has 33 heavy (non-hydrogen) atoms. The highest BCUT2D eigenvalue weighted by molar-refractivity contribution is 5.94. The van der Waals surface area contributed by atoms with E-state index in [1.807, 2.05) is 26.0 Å². The number of hydrogen-bond donors (Lipinski definition) is 2. The van der Waals surface area contributed by atoms with E-state index >= 15 is 0 Å².